The molecule has 0 aliphatic carbocycles. The lowest BCUT2D eigenvalue weighted by molar-refractivity contribution is 0.307. The molecule has 0 aromatic heterocycles. The summed E-state index contributed by atoms with van der Waals surface area (Å²) in [7, 11) is 1.61. The first kappa shape index (κ1) is 13.7. The number of anilines is 1. The van der Waals surface area contributed by atoms with Gasteiger partial charge in [0.25, 0.3) is 0 Å². The van der Waals surface area contributed by atoms with Crippen molar-refractivity contribution in [1.29, 1.82) is 0 Å². The van der Waals surface area contributed by atoms with E-state index in [9.17, 15) is 4.39 Å². The smallest absolute Gasteiger partial charge is 0.142 e. The summed E-state index contributed by atoms with van der Waals surface area (Å²) in [6.45, 7) is 0.346. The van der Waals surface area contributed by atoms with E-state index in [4.69, 9.17) is 15.2 Å². The van der Waals surface area contributed by atoms with Gasteiger partial charge in [0.2, 0.25) is 0 Å². The second kappa shape index (κ2) is 5.93. The van der Waals surface area contributed by atoms with Crippen LogP contribution >= 0.6 is 15.9 Å². The molecule has 0 radical (unpaired) electrons. The molecule has 2 rings (SSSR count). The number of ether oxygens (including phenoxy) is 2. The van der Waals surface area contributed by atoms with E-state index in [2.05, 4.69) is 15.9 Å². The van der Waals surface area contributed by atoms with Crippen LogP contribution in [0.5, 0.6) is 11.5 Å². The van der Waals surface area contributed by atoms with Gasteiger partial charge in [-0.3, -0.25) is 0 Å². The summed E-state index contributed by atoms with van der Waals surface area (Å²) in [6.07, 6.45) is 0. The quantitative estimate of drug-likeness (QED) is 0.870. The Kier molecular flexibility index (Phi) is 4.27. The van der Waals surface area contributed by atoms with Gasteiger partial charge in [0.1, 0.15) is 23.9 Å². The molecule has 0 bridgehead atoms. The van der Waals surface area contributed by atoms with Gasteiger partial charge in [0, 0.05) is 6.07 Å². The van der Waals surface area contributed by atoms with Crippen LogP contribution in [0.15, 0.2) is 40.9 Å². The maximum Gasteiger partial charge on any atom is 0.142 e. The van der Waals surface area contributed by atoms with Gasteiger partial charge in [-0.2, -0.15) is 0 Å². The Labute approximate surface area is 119 Å². The van der Waals surface area contributed by atoms with E-state index in [1.54, 1.807) is 7.11 Å². The average Bonchev–Trinajstić information content (AvgIpc) is 2.38. The summed E-state index contributed by atoms with van der Waals surface area (Å²) < 4.78 is 24.4. The Hall–Kier alpha value is -1.75. The Bertz CT molecular complexity index is 590. The predicted molar refractivity (Wildman–Crippen MR) is 75.8 cm³/mol. The maximum atomic E-state index is 12.9. The number of methoxy groups -OCH3 is 1. The molecule has 0 fully saturated rings. The van der Waals surface area contributed by atoms with E-state index >= 15 is 0 Å². The summed E-state index contributed by atoms with van der Waals surface area (Å²) in [4.78, 5) is 0. The highest BCUT2D eigenvalue weighted by Crippen LogP contribution is 2.27. The second-order valence-corrected chi connectivity index (χ2v) is 4.79. The molecule has 0 saturated carbocycles. The number of hydrogen-bond acceptors (Lipinski definition) is 3. The first-order chi connectivity index (χ1) is 9.10. The highest BCUT2D eigenvalue weighted by atomic mass is 79.9. The van der Waals surface area contributed by atoms with Gasteiger partial charge >= 0.3 is 0 Å². The van der Waals surface area contributed by atoms with E-state index in [0.717, 1.165) is 15.8 Å². The van der Waals surface area contributed by atoms with Crippen molar-refractivity contribution in [2.75, 3.05) is 12.8 Å². The van der Waals surface area contributed by atoms with Crippen LogP contribution in [0, 0.1) is 5.82 Å². The van der Waals surface area contributed by atoms with Crippen molar-refractivity contribution in [3.05, 3.63) is 52.3 Å². The molecule has 5 heteroatoms. The lowest BCUT2D eigenvalue weighted by Crippen LogP contribution is -1.99. The molecule has 2 N–H and O–H groups in total. The van der Waals surface area contributed by atoms with Gasteiger partial charge in [-0.05, 0) is 45.8 Å². The average molecular weight is 326 g/mol. The molecule has 0 saturated heterocycles. The number of benzene rings is 2. The highest BCUT2D eigenvalue weighted by Gasteiger charge is 2.05. The zero-order valence-electron chi connectivity index (χ0n) is 10.3. The van der Waals surface area contributed by atoms with Crippen LogP contribution in [0.3, 0.4) is 0 Å². The summed E-state index contributed by atoms with van der Waals surface area (Å²) >= 11 is 3.40. The molecule has 0 aliphatic rings. The molecule has 2 aromatic rings. The summed E-state index contributed by atoms with van der Waals surface area (Å²) in [5, 5.41) is 0. The van der Waals surface area contributed by atoms with Crippen molar-refractivity contribution in [2.24, 2.45) is 0 Å². The van der Waals surface area contributed by atoms with Crippen molar-refractivity contribution in [3.63, 3.8) is 0 Å². The van der Waals surface area contributed by atoms with Gasteiger partial charge in [-0.25, -0.2) is 4.39 Å². The lowest BCUT2D eigenvalue weighted by Gasteiger charge is -2.10. The maximum absolute atomic E-state index is 12.9. The molecular weight excluding hydrogens is 313 g/mol. The third-order valence-electron chi connectivity index (χ3n) is 2.58. The molecule has 0 spiro atoms. The van der Waals surface area contributed by atoms with Crippen molar-refractivity contribution in [1.82, 2.24) is 0 Å². The van der Waals surface area contributed by atoms with Crippen LogP contribution in [-0.4, -0.2) is 7.11 Å². The molecular formula is C14H13BrFNO2. The van der Waals surface area contributed by atoms with Gasteiger partial charge in [0.15, 0.2) is 0 Å². The molecule has 2 aromatic carbocycles. The Morgan fingerprint density at radius 1 is 1.16 bits per heavy atom. The molecule has 0 atom stereocenters. The van der Waals surface area contributed by atoms with Gasteiger partial charge in [-0.15, -0.1) is 0 Å². The van der Waals surface area contributed by atoms with Crippen LogP contribution in [0.1, 0.15) is 5.56 Å². The number of hydrogen-bond donors (Lipinski definition) is 1. The third-order valence-corrected chi connectivity index (χ3v) is 3.20. The first-order valence-electron chi connectivity index (χ1n) is 5.60. The Morgan fingerprint density at radius 3 is 2.53 bits per heavy atom. The van der Waals surface area contributed by atoms with E-state index in [1.807, 2.05) is 18.2 Å². The normalized spacial score (nSPS) is 10.3. The fraction of sp³-hybridized carbons (Fsp3) is 0.143. The van der Waals surface area contributed by atoms with Crippen molar-refractivity contribution in [2.45, 2.75) is 6.61 Å². The zero-order valence-corrected chi connectivity index (χ0v) is 11.9. The monoisotopic (exact) mass is 325 g/mol. The summed E-state index contributed by atoms with van der Waals surface area (Å²) in [6, 6.07) is 9.71. The summed E-state index contributed by atoms with van der Waals surface area (Å²) in [5.74, 6) is 0.843. The lowest BCUT2D eigenvalue weighted by atomic mass is 10.2. The van der Waals surface area contributed by atoms with E-state index < -0.39 is 0 Å². The largest absolute Gasteiger partial charge is 0.496 e. The number of nitrogen functional groups attached to an aromatic ring is 1. The van der Waals surface area contributed by atoms with E-state index in [0.29, 0.717) is 12.4 Å². The zero-order chi connectivity index (χ0) is 13.8. The predicted octanol–water partition coefficient (Wildman–Crippen LogP) is 3.76. The minimum atomic E-state index is -0.378. The van der Waals surface area contributed by atoms with Crippen LogP contribution < -0.4 is 15.2 Å². The number of nitrogens with two attached hydrogens (primary N) is 1. The van der Waals surface area contributed by atoms with Crippen LogP contribution in [0.2, 0.25) is 0 Å². The highest BCUT2D eigenvalue weighted by molar-refractivity contribution is 9.10. The minimum absolute atomic E-state index is 0.285. The standard InChI is InChI=1S/C14H13BrFNO2/c1-18-13-4-2-9(6-11(13)15)8-19-14-5-3-10(16)7-12(14)17/h2-7H,8,17H2,1H3. The molecule has 0 aliphatic heterocycles. The summed E-state index contributed by atoms with van der Waals surface area (Å²) in [5.41, 5.74) is 6.91. The third kappa shape index (κ3) is 3.38. The second-order valence-electron chi connectivity index (χ2n) is 3.94. The number of halogens is 2. The van der Waals surface area contributed by atoms with Crippen molar-refractivity contribution in [3.8, 4) is 11.5 Å². The molecule has 100 valence electrons. The van der Waals surface area contributed by atoms with Crippen LogP contribution in [-0.2, 0) is 6.61 Å². The Balaban J connectivity index is 2.08. The van der Waals surface area contributed by atoms with Gasteiger partial charge < -0.3 is 15.2 Å². The van der Waals surface area contributed by atoms with E-state index in [-0.39, 0.29) is 11.5 Å². The van der Waals surface area contributed by atoms with E-state index in [1.165, 1.54) is 18.2 Å². The molecule has 0 amide bonds. The van der Waals surface area contributed by atoms with Gasteiger partial charge in [-0.1, -0.05) is 6.07 Å². The van der Waals surface area contributed by atoms with Crippen molar-refractivity contribution < 1.29 is 13.9 Å². The van der Waals surface area contributed by atoms with Crippen LogP contribution in [0.25, 0.3) is 0 Å². The van der Waals surface area contributed by atoms with Crippen LogP contribution in [0.4, 0.5) is 10.1 Å². The first-order valence-corrected chi connectivity index (χ1v) is 6.39. The topological polar surface area (TPSA) is 44.5 Å². The van der Waals surface area contributed by atoms with Gasteiger partial charge in [0.05, 0.1) is 17.3 Å². The molecule has 19 heavy (non-hydrogen) atoms. The van der Waals surface area contributed by atoms with Crippen molar-refractivity contribution >= 4 is 21.6 Å². The molecule has 0 heterocycles. The minimum Gasteiger partial charge on any atom is -0.496 e. The fourth-order valence-electron chi connectivity index (χ4n) is 1.61. The SMILES string of the molecule is COc1ccc(COc2ccc(F)cc2N)cc1Br. The fourth-order valence-corrected chi connectivity index (χ4v) is 2.20. The Morgan fingerprint density at radius 2 is 1.89 bits per heavy atom. The molecule has 0 unspecified atom stereocenters. The molecule has 3 nitrogen and oxygen atoms in total. The number of rotatable bonds is 4.